The van der Waals surface area contributed by atoms with Crippen molar-refractivity contribution in [2.75, 3.05) is 7.11 Å². The molecule has 2 aromatic rings. The standard InChI is InChI=1S/C14H12ClNO4/c1-7-5-11(17)9(15)6-8(7)13-12(20-2)4-3-10(16-13)14(18)19/h3-6,17H,1-2H3,(H,18,19). The zero-order valence-corrected chi connectivity index (χ0v) is 11.6. The number of carboxylic acids is 1. The van der Waals surface area contributed by atoms with Gasteiger partial charge < -0.3 is 14.9 Å². The van der Waals surface area contributed by atoms with E-state index in [4.69, 9.17) is 21.4 Å². The van der Waals surface area contributed by atoms with Gasteiger partial charge in [-0.1, -0.05) is 11.6 Å². The van der Waals surface area contributed by atoms with Crippen LogP contribution in [0, 0.1) is 6.92 Å². The van der Waals surface area contributed by atoms with Gasteiger partial charge in [0.2, 0.25) is 0 Å². The molecule has 0 fully saturated rings. The second kappa shape index (κ2) is 5.38. The third-order valence-electron chi connectivity index (χ3n) is 2.85. The van der Waals surface area contributed by atoms with Crippen LogP contribution in [0.1, 0.15) is 16.1 Å². The fraction of sp³-hybridized carbons (Fsp3) is 0.143. The van der Waals surface area contributed by atoms with Crippen LogP contribution in [0.25, 0.3) is 11.3 Å². The van der Waals surface area contributed by atoms with Crippen LogP contribution < -0.4 is 4.74 Å². The maximum atomic E-state index is 11.0. The molecule has 0 aliphatic heterocycles. The van der Waals surface area contributed by atoms with Crippen molar-refractivity contribution in [2.24, 2.45) is 0 Å². The molecule has 104 valence electrons. The van der Waals surface area contributed by atoms with Crippen LogP contribution in [-0.2, 0) is 0 Å². The largest absolute Gasteiger partial charge is 0.506 e. The van der Waals surface area contributed by atoms with Crippen LogP contribution in [-0.4, -0.2) is 28.3 Å². The lowest BCUT2D eigenvalue weighted by molar-refractivity contribution is 0.0690. The molecule has 20 heavy (non-hydrogen) atoms. The number of aromatic carboxylic acids is 1. The Hall–Kier alpha value is -2.27. The van der Waals surface area contributed by atoms with Crippen LogP contribution >= 0.6 is 11.6 Å². The summed E-state index contributed by atoms with van der Waals surface area (Å²) >= 11 is 5.90. The van der Waals surface area contributed by atoms with Gasteiger partial charge in [-0.15, -0.1) is 0 Å². The Balaban J connectivity index is 2.70. The van der Waals surface area contributed by atoms with E-state index in [0.717, 1.165) is 0 Å². The van der Waals surface area contributed by atoms with Crippen molar-refractivity contribution in [3.8, 4) is 22.8 Å². The van der Waals surface area contributed by atoms with E-state index in [1.54, 1.807) is 6.92 Å². The zero-order valence-electron chi connectivity index (χ0n) is 10.8. The van der Waals surface area contributed by atoms with E-state index in [1.165, 1.54) is 31.4 Å². The first-order valence-electron chi connectivity index (χ1n) is 5.72. The molecule has 1 heterocycles. The summed E-state index contributed by atoms with van der Waals surface area (Å²) in [6.45, 7) is 1.76. The fourth-order valence-electron chi connectivity index (χ4n) is 1.84. The smallest absolute Gasteiger partial charge is 0.354 e. The Morgan fingerprint density at radius 3 is 2.65 bits per heavy atom. The van der Waals surface area contributed by atoms with Crippen molar-refractivity contribution in [3.05, 3.63) is 40.5 Å². The Morgan fingerprint density at radius 2 is 2.05 bits per heavy atom. The molecule has 0 spiro atoms. The number of aromatic nitrogens is 1. The summed E-state index contributed by atoms with van der Waals surface area (Å²) in [5.41, 5.74) is 1.59. The second-order valence-corrected chi connectivity index (χ2v) is 4.58. The van der Waals surface area contributed by atoms with Crippen LogP contribution in [0.2, 0.25) is 5.02 Å². The minimum Gasteiger partial charge on any atom is -0.506 e. The molecule has 0 aliphatic rings. The molecule has 0 unspecified atom stereocenters. The number of pyridine rings is 1. The monoisotopic (exact) mass is 293 g/mol. The van der Waals surface area contributed by atoms with Crippen molar-refractivity contribution in [2.45, 2.75) is 6.92 Å². The lowest BCUT2D eigenvalue weighted by Gasteiger charge is -2.12. The Bertz CT molecular complexity index is 685. The Kier molecular flexibility index (Phi) is 3.81. The highest BCUT2D eigenvalue weighted by molar-refractivity contribution is 6.32. The number of rotatable bonds is 3. The molecule has 5 nitrogen and oxygen atoms in total. The summed E-state index contributed by atoms with van der Waals surface area (Å²) in [6.07, 6.45) is 0. The highest BCUT2D eigenvalue weighted by Crippen LogP contribution is 2.36. The normalized spacial score (nSPS) is 10.3. The van der Waals surface area contributed by atoms with Crippen LogP contribution in [0.15, 0.2) is 24.3 Å². The van der Waals surface area contributed by atoms with Crippen LogP contribution in [0.5, 0.6) is 11.5 Å². The van der Waals surface area contributed by atoms with E-state index in [-0.39, 0.29) is 16.5 Å². The maximum absolute atomic E-state index is 11.0. The van der Waals surface area contributed by atoms with Gasteiger partial charge >= 0.3 is 5.97 Å². The van der Waals surface area contributed by atoms with Crippen molar-refractivity contribution >= 4 is 17.6 Å². The van der Waals surface area contributed by atoms with Gasteiger partial charge in [0.05, 0.1) is 12.1 Å². The third-order valence-corrected chi connectivity index (χ3v) is 3.15. The van der Waals surface area contributed by atoms with Gasteiger partial charge in [-0.25, -0.2) is 9.78 Å². The minimum absolute atomic E-state index is 0.0405. The molecule has 1 aromatic carbocycles. The number of hydrogen-bond acceptors (Lipinski definition) is 4. The maximum Gasteiger partial charge on any atom is 0.354 e. The van der Waals surface area contributed by atoms with Crippen LogP contribution in [0.3, 0.4) is 0 Å². The first-order valence-corrected chi connectivity index (χ1v) is 6.09. The molecule has 0 amide bonds. The van der Waals surface area contributed by atoms with Crippen molar-refractivity contribution in [1.82, 2.24) is 4.98 Å². The molecule has 2 rings (SSSR count). The summed E-state index contributed by atoms with van der Waals surface area (Å²) in [4.78, 5) is 15.1. The molecule has 0 saturated carbocycles. The van der Waals surface area contributed by atoms with Gasteiger partial charge in [-0.2, -0.15) is 0 Å². The Morgan fingerprint density at radius 1 is 1.35 bits per heavy atom. The number of phenols is 1. The number of methoxy groups -OCH3 is 1. The summed E-state index contributed by atoms with van der Waals surface area (Å²) in [5.74, 6) is -0.738. The summed E-state index contributed by atoms with van der Waals surface area (Å²) in [5, 5.41) is 18.7. The summed E-state index contributed by atoms with van der Waals surface area (Å²) in [6, 6.07) is 5.92. The number of aryl methyl sites for hydroxylation is 1. The lowest BCUT2D eigenvalue weighted by atomic mass is 10.0. The fourth-order valence-corrected chi connectivity index (χ4v) is 2.01. The van der Waals surface area contributed by atoms with Gasteiger partial charge in [-0.05, 0) is 36.8 Å². The average Bonchev–Trinajstić information content (AvgIpc) is 2.42. The molecule has 2 N–H and O–H groups in total. The number of ether oxygens (including phenoxy) is 1. The Labute approximate surface area is 120 Å². The van der Waals surface area contributed by atoms with Crippen LogP contribution in [0.4, 0.5) is 0 Å². The lowest BCUT2D eigenvalue weighted by Crippen LogP contribution is -2.03. The predicted molar refractivity (Wildman–Crippen MR) is 74.6 cm³/mol. The molecule has 0 aliphatic carbocycles. The molecule has 1 aromatic heterocycles. The number of carbonyl (C=O) groups is 1. The summed E-state index contributed by atoms with van der Waals surface area (Å²) < 4.78 is 5.20. The second-order valence-electron chi connectivity index (χ2n) is 4.17. The first kappa shape index (κ1) is 14.1. The van der Waals surface area contributed by atoms with Gasteiger partial charge in [0.15, 0.2) is 0 Å². The number of carboxylic acid groups (broad SMARTS) is 1. The SMILES string of the molecule is COc1ccc(C(=O)O)nc1-c1cc(Cl)c(O)cc1C. The van der Waals surface area contributed by atoms with Crippen molar-refractivity contribution in [3.63, 3.8) is 0 Å². The minimum atomic E-state index is -1.13. The molecule has 0 atom stereocenters. The van der Waals surface area contributed by atoms with E-state index in [9.17, 15) is 9.90 Å². The van der Waals surface area contributed by atoms with Crippen molar-refractivity contribution in [1.29, 1.82) is 0 Å². The zero-order chi connectivity index (χ0) is 14.9. The third kappa shape index (κ3) is 2.53. The first-order chi connectivity index (χ1) is 9.43. The van der Waals surface area contributed by atoms with Crippen molar-refractivity contribution < 1.29 is 19.7 Å². The predicted octanol–water partition coefficient (Wildman–Crippen LogP) is 3.12. The number of nitrogens with zero attached hydrogens (tertiary/aromatic N) is 1. The molecule has 6 heteroatoms. The number of aromatic hydroxyl groups is 1. The number of phenolic OH excluding ortho intramolecular Hbond substituents is 1. The quantitative estimate of drug-likeness (QED) is 0.909. The summed E-state index contributed by atoms with van der Waals surface area (Å²) in [7, 11) is 1.47. The molecule has 0 saturated heterocycles. The molecule has 0 radical (unpaired) electrons. The number of hydrogen-bond donors (Lipinski definition) is 2. The average molecular weight is 294 g/mol. The van der Waals surface area contributed by atoms with E-state index in [0.29, 0.717) is 22.6 Å². The topological polar surface area (TPSA) is 79.7 Å². The van der Waals surface area contributed by atoms with Gasteiger partial charge in [-0.3, -0.25) is 0 Å². The van der Waals surface area contributed by atoms with E-state index < -0.39 is 5.97 Å². The van der Waals surface area contributed by atoms with Gasteiger partial charge in [0, 0.05) is 5.56 Å². The highest BCUT2D eigenvalue weighted by Gasteiger charge is 2.16. The number of halogens is 1. The van der Waals surface area contributed by atoms with E-state index >= 15 is 0 Å². The van der Waals surface area contributed by atoms with E-state index in [1.807, 2.05) is 0 Å². The highest BCUT2D eigenvalue weighted by atomic mass is 35.5. The van der Waals surface area contributed by atoms with Gasteiger partial charge in [0.25, 0.3) is 0 Å². The molecule has 0 bridgehead atoms. The molecular weight excluding hydrogens is 282 g/mol. The van der Waals surface area contributed by atoms with E-state index in [2.05, 4.69) is 4.98 Å². The number of benzene rings is 1. The van der Waals surface area contributed by atoms with Gasteiger partial charge in [0.1, 0.15) is 22.9 Å². The molecular formula is C14H12ClNO4.